The summed E-state index contributed by atoms with van der Waals surface area (Å²) < 4.78 is 22.0. The summed E-state index contributed by atoms with van der Waals surface area (Å²) in [4.78, 5) is 8.10. The molecular weight excluding hydrogens is 247 g/mol. The number of aryl methyl sites for hydroxylation is 2. The van der Waals surface area contributed by atoms with Crippen LogP contribution in [0.5, 0.6) is 5.88 Å². The van der Waals surface area contributed by atoms with Gasteiger partial charge in [0.2, 0.25) is 5.88 Å². The molecule has 0 aromatic carbocycles. The first kappa shape index (κ1) is 13.2. The molecular formula is C9H13N2O3PS. The van der Waals surface area contributed by atoms with Crippen LogP contribution in [0.15, 0.2) is 6.07 Å². The van der Waals surface area contributed by atoms with Crippen molar-refractivity contribution in [2.24, 2.45) is 0 Å². The van der Waals surface area contributed by atoms with Gasteiger partial charge in [0.15, 0.2) is 0 Å². The number of nitrogens with zero attached hydrogens (tertiary/aromatic N) is 2. The smallest absolute Gasteiger partial charge is 0.384 e. The Morgan fingerprint density at radius 3 is 2.69 bits per heavy atom. The summed E-state index contributed by atoms with van der Waals surface area (Å²) in [5.74, 6) is 0.798. The van der Waals surface area contributed by atoms with Crippen LogP contribution in [-0.2, 0) is 9.09 Å². The lowest BCUT2D eigenvalue weighted by Gasteiger charge is -2.14. The molecule has 0 saturated heterocycles. The van der Waals surface area contributed by atoms with Gasteiger partial charge in [-0.15, -0.1) is 0 Å². The average molecular weight is 260 g/mol. The maximum Gasteiger partial charge on any atom is 0.384 e. The van der Waals surface area contributed by atoms with E-state index < -0.39 is 7.60 Å². The van der Waals surface area contributed by atoms with E-state index in [1.807, 2.05) is 0 Å². The number of thiocarbonyl (C=S) groups is 1. The van der Waals surface area contributed by atoms with E-state index in [-0.39, 0.29) is 12.0 Å². The molecule has 0 aliphatic carbocycles. The van der Waals surface area contributed by atoms with Crippen molar-refractivity contribution >= 4 is 25.2 Å². The molecule has 7 heteroatoms. The van der Waals surface area contributed by atoms with E-state index >= 15 is 0 Å². The quantitative estimate of drug-likeness (QED) is 0.598. The molecule has 0 bridgehead atoms. The van der Waals surface area contributed by atoms with Crippen LogP contribution in [0.2, 0.25) is 0 Å². The summed E-state index contributed by atoms with van der Waals surface area (Å²) in [5, 5.41) is 1.32. The van der Waals surface area contributed by atoms with Gasteiger partial charge in [-0.3, -0.25) is 0 Å². The molecule has 0 radical (unpaired) electrons. The van der Waals surface area contributed by atoms with Crippen molar-refractivity contribution in [2.45, 2.75) is 13.8 Å². The van der Waals surface area contributed by atoms with Crippen LogP contribution in [0, 0.1) is 13.8 Å². The molecule has 0 spiro atoms. The number of hydrogen-bond donors (Lipinski definition) is 0. The molecule has 1 heterocycles. The summed E-state index contributed by atoms with van der Waals surface area (Å²) in [5.41, 5.74) is 0.743. The monoisotopic (exact) mass is 260 g/mol. The zero-order valence-electron chi connectivity index (χ0n) is 9.34. The predicted octanol–water partition coefficient (Wildman–Crippen LogP) is 2.31. The predicted molar refractivity (Wildman–Crippen MR) is 65.3 cm³/mol. The highest BCUT2D eigenvalue weighted by Gasteiger charge is 2.23. The molecule has 0 aliphatic rings. The van der Waals surface area contributed by atoms with Crippen LogP contribution >= 0.6 is 19.8 Å². The topological polar surface area (TPSA) is 61.3 Å². The molecule has 1 aromatic heterocycles. The molecule has 16 heavy (non-hydrogen) atoms. The Labute approximate surface area is 99.7 Å². The molecule has 0 saturated carbocycles. The Hall–Kier alpha value is -0.840. The zero-order valence-corrected chi connectivity index (χ0v) is 11.0. The number of rotatable bonds is 5. The molecule has 5 nitrogen and oxygen atoms in total. The van der Waals surface area contributed by atoms with Crippen LogP contribution in [-0.4, -0.2) is 28.6 Å². The second kappa shape index (κ2) is 5.48. The third-order valence-electron chi connectivity index (χ3n) is 1.75. The van der Waals surface area contributed by atoms with Crippen LogP contribution in [0.4, 0.5) is 0 Å². The van der Waals surface area contributed by atoms with Crippen LogP contribution < -0.4 is 4.52 Å². The first-order valence-corrected chi connectivity index (χ1v) is 6.79. The second-order valence-electron chi connectivity index (χ2n) is 3.13. The molecule has 1 aromatic rings. The Morgan fingerprint density at radius 2 is 2.19 bits per heavy atom. The molecule has 88 valence electrons. The summed E-state index contributed by atoms with van der Waals surface area (Å²) in [7, 11) is -1.89. The maximum absolute atomic E-state index is 12.0. The Kier molecular flexibility index (Phi) is 4.53. The normalized spacial score (nSPS) is 14.2. The fraction of sp³-hybridized carbons (Fsp3) is 0.444. The van der Waals surface area contributed by atoms with Crippen molar-refractivity contribution in [1.29, 1.82) is 0 Å². The molecule has 0 aliphatic heterocycles. The van der Waals surface area contributed by atoms with E-state index in [1.54, 1.807) is 19.9 Å². The van der Waals surface area contributed by atoms with Gasteiger partial charge < -0.3 is 9.05 Å². The summed E-state index contributed by atoms with van der Waals surface area (Å²) in [6.45, 7) is 3.54. The third-order valence-corrected chi connectivity index (χ3v) is 3.82. The second-order valence-corrected chi connectivity index (χ2v) is 5.60. The van der Waals surface area contributed by atoms with Gasteiger partial charge in [-0.2, -0.15) is 4.98 Å². The minimum Gasteiger partial charge on any atom is -0.406 e. The van der Waals surface area contributed by atoms with Crippen LogP contribution in [0.3, 0.4) is 0 Å². The van der Waals surface area contributed by atoms with Gasteiger partial charge in [0, 0.05) is 18.9 Å². The lowest BCUT2D eigenvalue weighted by molar-refractivity contribution is 0.322. The molecule has 0 fully saturated rings. The van der Waals surface area contributed by atoms with Gasteiger partial charge >= 0.3 is 7.60 Å². The standard InChI is InChI=1S/C9H13N2O3PS/c1-7-6-9(11-8(2)10-7)14-15(12,13-3)4-5-16/h5-6H,4H2,1-3H3. The van der Waals surface area contributed by atoms with Crippen molar-refractivity contribution in [1.82, 2.24) is 9.97 Å². The number of aromatic nitrogens is 2. The van der Waals surface area contributed by atoms with E-state index in [2.05, 4.69) is 22.2 Å². The highest BCUT2D eigenvalue weighted by Crippen LogP contribution is 2.46. The van der Waals surface area contributed by atoms with Gasteiger partial charge in [-0.05, 0) is 19.2 Å². The first-order valence-electron chi connectivity index (χ1n) is 4.59. The summed E-state index contributed by atoms with van der Waals surface area (Å²) in [6, 6.07) is 1.60. The Bertz CT molecular complexity index is 419. The lowest BCUT2D eigenvalue weighted by Crippen LogP contribution is -2.03. The van der Waals surface area contributed by atoms with Gasteiger partial charge in [-0.1, -0.05) is 12.2 Å². The van der Waals surface area contributed by atoms with Crippen molar-refractivity contribution in [2.75, 3.05) is 13.3 Å². The van der Waals surface area contributed by atoms with E-state index in [1.165, 1.54) is 12.5 Å². The number of hydrogen-bond acceptors (Lipinski definition) is 6. The van der Waals surface area contributed by atoms with Crippen LogP contribution in [0.1, 0.15) is 11.5 Å². The van der Waals surface area contributed by atoms with E-state index in [9.17, 15) is 4.57 Å². The molecule has 1 unspecified atom stereocenters. The largest absolute Gasteiger partial charge is 0.406 e. The fourth-order valence-electron chi connectivity index (χ4n) is 1.11. The molecule has 1 rings (SSSR count). The maximum atomic E-state index is 12.0. The minimum atomic E-state index is -3.21. The van der Waals surface area contributed by atoms with Crippen LogP contribution in [0.25, 0.3) is 0 Å². The Balaban J connectivity index is 2.94. The lowest BCUT2D eigenvalue weighted by atomic mass is 10.4. The third kappa shape index (κ3) is 3.63. The van der Waals surface area contributed by atoms with Crippen molar-refractivity contribution in [3.8, 4) is 5.88 Å². The minimum absolute atomic E-state index is 0.0704. The highest BCUT2D eigenvalue weighted by atomic mass is 32.1. The summed E-state index contributed by atoms with van der Waals surface area (Å²) in [6.07, 6.45) is 0.0704. The first-order chi connectivity index (χ1) is 7.49. The summed E-state index contributed by atoms with van der Waals surface area (Å²) >= 11 is 4.64. The van der Waals surface area contributed by atoms with Gasteiger partial charge in [0.05, 0.1) is 6.16 Å². The average Bonchev–Trinajstić information content (AvgIpc) is 2.16. The van der Waals surface area contributed by atoms with E-state index in [4.69, 9.17) is 9.05 Å². The van der Waals surface area contributed by atoms with Crippen molar-refractivity contribution in [3.05, 3.63) is 17.6 Å². The van der Waals surface area contributed by atoms with Gasteiger partial charge in [0.25, 0.3) is 0 Å². The fourth-order valence-corrected chi connectivity index (χ4v) is 2.52. The highest BCUT2D eigenvalue weighted by molar-refractivity contribution is 7.80. The van der Waals surface area contributed by atoms with E-state index in [0.29, 0.717) is 5.82 Å². The van der Waals surface area contributed by atoms with Gasteiger partial charge in [-0.25, -0.2) is 9.55 Å². The van der Waals surface area contributed by atoms with E-state index in [0.717, 1.165) is 5.69 Å². The van der Waals surface area contributed by atoms with Crippen molar-refractivity contribution in [3.63, 3.8) is 0 Å². The van der Waals surface area contributed by atoms with Gasteiger partial charge in [0.1, 0.15) is 5.82 Å². The van der Waals surface area contributed by atoms with Crippen molar-refractivity contribution < 1.29 is 13.6 Å². The SMILES string of the molecule is COP(=O)(CC=S)Oc1cc(C)nc(C)n1. The molecule has 0 amide bonds. The molecule has 0 N–H and O–H groups in total. The zero-order chi connectivity index (χ0) is 12.2. The Morgan fingerprint density at radius 1 is 1.50 bits per heavy atom. The molecule has 1 atom stereocenters.